The SMILES string of the molecule is CCC1CNC2(CCCC2)CN1C1CCS(=O)CC1. The molecule has 0 bridgehead atoms. The molecular formula is C15H28N2OS. The molecule has 1 unspecified atom stereocenters. The van der Waals surface area contributed by atoms with Crippen LogP contribution in [0.15, 0.2) is 0 Å². The Morgan fingerprint density at radius 3 is 2.58 bits per heavy atom. The van der Waals surface area contributed by atoms with Gasteiger partial charge in [-0.3, -0.25) is 9.11 Å². The molecule has 4 heteroatoms. The van der Waals surface area contributed by atoms with Crippen molar-refractivity contribution in [3.63, 3.8) is 0 Å². The Balaban J connectivity index is 1.70. The maximum atomic E-state index is 11.6. The van der Waals surface area contributed by atoms with Crippen molar-refractivity contribution < 1.29 is 4.21 Å². The lowest BCUT2D eigenvalue weighted by Gasteiger charge is -2.50. The van der Waals surface area contributed by atoms with E-state index in [-0.39, 0.29) is 0 Å². The molecule has 0 aromatic heterocycles. The van der Waals surface area contributed by atoms with Crippen LogP contribution in [0.2, 0.25) is 0 Å². The second-order valence-corrected chi connectivity index (χ2v) is 8.38. The van der Waals surface area contributed by atoms with E-state index >= 15 is 0 Å². The monoisotopic (exact) mass is 284 g/mol. The summed E-state index contributed by atoms with van der Waals surface area (Å²) in [5.41, 5.74) is 0.419. The van der Waals surface area contributed by atoms with Crippen LogP contribution in [0.1, 0.15) is 51.9 Å². The highest BCUT2D eigenvalue weighted by molar-refractivity contribution is 7.85. The number of nitrogens with one attached hydrogen (secondary N) is 1. The lowest BCUT2D eigenvalue weighted by atomic mass is 9.89. The van der Waals surface area contributed by atoms with Crippen LogP contribution in [0.3, 0.4) is 0 Å². The molecule has 1 atom stereocenters. The molecule has 1 N–H and O–H groups in total. The Hall–Kier alpha value is 0.0700. The molecule has 110 valence electrons. The Morgan fingerprint density at radius 2 is 1.95 bits per heavy atom. The minimum Gasteiger partial charge on any atom is -0.308 e. The van der Waals surface area contributed by atoms with Crippen molar-refractivity contribution in [1.82, 2.24) is 10.2 Å². The number of hydrogen-bond donors (Lipinski definition) is 1. The first-order valence-corrected chi connectivity index (χ1v) is 9.57. The molecule has 19 heavy (non-hydrogen) atoms. The average Bonchev–Trinajstić information content (AvgIpc) is 2.88. The zero-order valence-corrected chi connectivity index (χ0v) is 13.0. The van der Waals surface area contributed by atoms with Gasteiger partial charge < -0.3 is 5.32 Å². The Kier molecular flexibility index (Phi) is 4.30. The smallest absolute Gasteiger partial charge is 0.0309 e. The van der Waals surface area contributed by atoms with Gasteiger partial charge in [-0.1, -0.05) is 19.8 Å². The molecule has 1 aliphatic carbocycles. The minimum atomic E-state index is -0.531. The van der Waals surface area contributed by atoms with Crippen LogP contribution in [0.5, 0.6) is 0 Å². The molecule has 0 amide bonds. The van der Waals surface area contributed by atoms with Crippen LogP contribution in [0, 0.1) is 0 Å². The molecule has 1 spiro atoms. The lowest BCUT2D eigenvalue weighted by Crippen LogP contribution is -2.65. The van der Waals surface area contributed by atoms with E-state index in [9.17, 15) is 4.21 Å². The third kappa shape index (κ3) is 2.91. The van der Waals surface area contributed by atoms with E-state index in [1.54, 1.807) is 0 Å². The Bertz CT molecular complexity index is 331. The topological polar surface area (TPSA) is 32.3 Å². The summed E-state index contributed by atoms with van der Waals surface area (Å²) in [6.07, 6.45) is 9.05. The summed E-state index contributed by atoms with van der Waals surface area (Å²) >= 11 is 0. The summed E-state index contributed by atoms with van der Waals surface area (Å²) in [6, 6.07) is 1.39. The maximum absolute atomic E-state index is 11.6. The number of piperazine rings is 1. The van der Waals surface area contributed by atoms with Gasteiger partial charge in [0.2, 0.25) is 0 Å². The van der Waals surface area contributed by atoms with E-state index in [0.717, 1.165) is 30.9 Å². The first-order chi connectivity index (χ1) is 9.22. The van der Waals surface area contributed by atoms with Gasteiger partial charge >= 0.3 is 0 Å². The summed E-state index contributed by atoms with van der Waals surface area (Å²) in [5.74, 6) is 1.86. The molecule has 0 aromatic rings. The minimum absolute atomic E-state index is 0.419. The number of hydrogen-bond acceptors (Lipinski definition) is 3. The normalized spacial score (nSPS) is 39.7. The Labute approximate surface area is 120 Å². The van der Waals surface area contributed by atoms with Crippen molar-refractivity contribution >= 4 is 10.8 Å². The van der Waals surface area contributed by atoms with Crippen LogP contribution in [0.4, 0.5) is 0 Å². The van der Waals surface area contributed by atoms with Gasteiger partial charge in [-0.05, 0) is 32.1 Å². The van der Waals surface area contributed by atoms with Gasteiger partial charge in [-0.2, -0.15) is 0 Å². The molecule has 3 nitrogen and oxygen atoms in total. The molecule has 1 saturated carbocycles. The summed E-state index contributed by atoms with van der Waals surface area (Å²) in [6.45, 7) is 4.71. The van der Waals surface area contributed by atoms with E-state index in [1.807, 2.05) is 0 Å². The zero-order valence-electron chi connectivity index (χ0n) is 12.2. The van der Waals surface area contributed by atoms with E-state index in [4.69, 9.17) is 0 Å². The molecular weight excluding hydrogens is 256 g/mol. The third-order valence-electron chi connectivity index (χ3n) is 5.53. The van der Waals surface area contributed by atoms with Crippen molar-refractivity contribution in [2.24, 2.45) is 0 Å². The van der Waals surface area contributed by atoms with E-state index < -0.39 is 10.8 Å². The molecule has 2 saturated heterocycles. The fourth-order valence-electron chi connectivity index (χ4n) is 4.29. The van der Waals surface area contributed by atoms with E-state index in [1.165, 1.54) is 38.6 Å². The zero-order chi connectivity index (χ0) is 13.3. The standard InChI is InChI=1S/C15H28N2OS/c1-2-13-11-16-15(7-3-4-8-15)12-17(13)14-5-9-19(18)10-6-14/h13-14,16H,2-12H2,1H3. The first-order valence-electron chi connectivity index (χ1n) is 8.08. The summed E-state index contributed by atoms with van der Waals surface area (Å²) < 4.78 is 11.6. The molecule has 2 heterocycles. The highest BCUT2D eigenvalue weighted by Gasteiger charge is 2.42. The quantitative estimate of drug-likeness (QED) is 0.840. The average molecular weight is 284 g/mol. The highest BCUT2D eigenvalue weighted by atomic mass is 32.2. The second-order valence-electron chi connectivity index (χ2n) is 6.68. The fraction of sp³-hybridized carbons (Fsp3) is 1.00. The van der Waals surface area contributed by atoms with Gasteiger partial charge in [-0.25, -0.2) is 0 Å². The van der Waals surface area contributed by atoms with Gasteiger partial charge in [-0.15, -0.1) is 0 Å². The first kappa shape index (κ1) is 14.0. The van der Waals surface area contributed by atoms with E-state index in [0.29, 0.717) is 17.6 Å². The molecule has 0 aromatic carbocycles. The molecule has 2 aliphatic heterocycles. The van der Waals surface area contributed by atoms with Gasteiger partial charge in [0, 0.05) is 53.0 Å². The molecule has 3 rings (SSSR count). The third-order valence-corrected chi connectivity index (χ3v) is 6.91. The van der Waals surface area contributed by atoms with Gasteiger partial charge in [0.25, 0.3) is 0 Å². The van der Waals surface area contributed by atoms with Crippen molar-refractivity contribution in [3.8, 4) is 0 Å². The Morgan fingerprint density at radius 1 is 1.26 bits per heavy atom. The summed E-state index contributed by atoms with van der Waals surface area (Å²) in [5, 5.41) is 3.87. The highest BCUT2D eigenvalue weighted by Crippen LogP contribution is 2.35. The van der Waals surface area contributed by atoms with Crippen molar-refractivity contribution in [2.75, 3.05) is 24.6 Å². The largest absolute Gasteiger partial charge is 0.308 e. The van der Waals surface area contributed by atoms with Gasteiger partial charge in [0.05, 0.1) is 0 Å². The van der Waals surface area contributed by atoms with Crippen LogP contribution >= 0.6 is 0 Å². The van der Waals surface area contributed by atoms with Gasteiger partial charge in [0.1, 0.15) is 0 Å². The number of nitrogens with zero attached hydrogens (tertiary/aromatic N) is 1. The summed E-state index contributed by atoms with van der Waals surface area (Å²) in [4.78, 5) is 2.79. The van der Waals surface area contributed by atoms with Crippen LogP contribution in [0.25, 0.3) is 0 Å². The molecule has 3 aliphatic rings. The predicted octanol–water partition coefficient (Wildman–Crippen LogP) is 1.89. The second kappa shape index (κ2) is 5.82. The van der Waals surface area contributed by atoms with Crippen LogP contribution in [-0.2, 0) is 10.8 Å². The van der Waals surface area contributed by atoms with Crippen LogP contribution < -0.4 is 5.32 Å². The molecule has 3 fully saturated rings. The lowest BCUT2D eigenvalue weighted by molar-refractivity contribution is 0.0371. The maximum Gasteiger partial charge on any atom is 0.0309 e. The van der Waals surface area contributed by atoms with Gasteiger partial charge in [0.15, 0.2) is 0 Å². The fourth-order valence-corrected chi connectivity index (χ4v) is 5.57. The summed E-state index contributed by atoms with van der Waals surface area (Å²) in [7, 11) is -0.531. The predicted molar refractivity (Wildman–Crippen MR) is 80.9 cm³/mol. The van der Waals surface area contributed by atoms with E-state index in [2.05, 4.69) is 17.1 Å². The molecule has 0 radical (unpaired) electrons. The van der Waals surface area contributed by atoms with Crippen LogP contribution in [-0.4, -0.2) is 51.3 Å². The number of rotatable bonds is 2. The van der Waals surface area contributed by atoms with Crippen molar-refractivity contribution in [3.05, 3.63) is 0 Å². The van der Waals surface area contributed by atoms with Crippen molar-refractivity contribution in [1.29, 1.82) is 0 Å². The van der Waals surface area contributed by atoms with Crippen molar-refractivity contribution in [2.45, 2.75) is 69.5 Å².